The molecule has 1 aromatic rings. The molecule has 2 atom stereocenters. The standard InChI is InChI=1S/C12H20N4O/c1-8(9-4-3-5-9)15-12(17)11(13)10-6-14-16(2)7-10/h6-9,11H,3-5,13H2,1-2H3,(H,15,17). The molecule has 0 bridgehead atoms. The molecule has 1 saturated carbocycles. The van der Waals surface area contributed by atoms with E-state index in [1.807, 2.05) is 7.05 Å². The van der Waals surface area contributed by atoms with Crippen molar-refractivity contribution in [1.29, 1.82) is 0 Å². The molecule has 1 fully saturated rings. The number of hydrogen-bond acceptors (Lipinski definition) is 3. The summed E-state index contributed by atoms with van der Waals surface area (Å²) in [5.74, 6) is 0.512. The average molecular weight is 236 g/mol. The highest BCUT2D eigenvalue weighted by Gasteiger charge is 2.27. The molecule has 1 aromatic heterocycles. The quantitative estimate of drug-likeness (QED) is 0.809. The number of amides is 1. The minimum atomic E-state index is -0.619. The highest BCUT2D eigenvalue weighted by atomic mass is 16.2. The predicted octanol–water partition coefficient (Wildman–Crippen LogP) is 0.725. The second-order valence-electron chi connectivity index (χ2n) is 4.91. The fourth-order valence-corrected chi connectivity index (χ4v) is 2.12. The topological polar surface area (TPSA) is 72.9 Å². The predicted molar refractivity (Wildman–Crippen MR) is 65.1 cm³/mol. The first-order chi connectivity index (χ1) is 8.08. The Hall–Kier alpha value is -1.36. The Morgan fingerprint density at radius 1 is 1.65 bits per heavy atom. The van der Waals surface area contributed by atoms with Crippen molar-refractivity contribution in [1.82, 2.24) is 15.1 Å². The van der Waals surface area contributed by atoms with Crippen LogP contribution in [0, 0.1) is 5.92 Å². The van der Waals surface area contributed by atoms with E-state index in [-0.39, 0.29) is 11.9 Å². The number of hydrogen-bond donors (Lipinski definition) is 2. The van der Waals surface area contributed by atoms with E-state index in [1.165, 1.54) is 19.3 Å². The van der Waals surface area contributed by atoms with Crippen LogP contribution < -0.4 is 11.1 Å². The molecule has 2 rings (SSSR count). The zero-order valence-electron chi connectivity index (χ0n) is 10.4. The second-order valence-corrected chi connectivity index (χ2v) is 4.91. The number of nitrogens with two attached hydrogens (primary N) is 1. The highest BCUT2D eigenvalue weighted by molar-refractivity contribution is 5.83. The van der Waals surface area contributed by atoms with Crippen LogP contribution in [0.4, 0.5) is 0 Å². The molecule has 0 spiro atoms. The lowest BCUT2D eigenvalue weighted by molar-refractivity contribution is -0.123. The van der Waals surface area contributed by atoms with Gasteiger partial charge in [-0.1, -0.05) is 6.42 Å². The van der Waals surface area contributed by atoms with Crippen molar-refractivity contribution in [2.24, 2.45) is 18.7 Å². The maximum absolute atomic E-state index is 11.9. The van der Waals surface area contributed by atoms with E-state index in [2.05, 4.69) is 17.3 Å². The van der Waals surface area contributed by atoms with Crippen molar-refractivity contribution in [3.8, 4) is 0 Å². The van der Waals surface area contributed by atoms with Crippen molar-refractivity contribution in [2.45, 2.75) is 38.3 Å². The van der Waals surface area contributed by atoms with Gasteiger partial charge in [0, 0.05) is 24.8 Å². The fourth-order valence-electron chi connectivity index (χ4n) is 2.12. The number of carbonyl (C=O) groups excluding carboxylic acids is 1. The molecule has 5 nitrogen and oxygen atoms in total. The Balaban J connectivity index is 1.90. The van der Waals surface area contributed by atoms with Crippen LogP contribution in [0.2, 0.25) is 0 Å². The fraction of sp³-hybridized carbons (Fsp3) is 0.667. The van der Waals surface area contributed by atoms with Crippen molar-refractivity contribution in [2.75, 3.05) is 0 Å². The van der Waals surface area contributed by atoms with Crippen molar-refractivity contribution >= 4 is 5.91 Å². The minimum Gasteiger partial charge on any atom is -0.352 e. The summed E-state index contributed by atoms with van der Waals surface area (Å²) in [6.07, 6.45) is 7.11. The van der Waals surface area contributed by atoms with Gasteiger partial charge in [0.25, 0.3) is 0 Å². The van der Waals surface area contributed by atoms with Crippen LogP contribution in [0.25, 0.3) is 0 Å². The van der Waals surface area contributed by atoms with Crippen LogP contribution >= 0.6 is 0 Å². The Morgan fingerprint density at radius 2 is 2.35 bits per heavy atom. The largest absolute Gasteiger partial charge is 0.352 e. The van der Waals surface area contributed by atoms with Gasteiger partial charge in [-0.25, -0.2) is 0 Å². The van der Waals surface area contributed by atoms with E-state index in [4.69, 9.17) is 5.73 Å². The van der Waals surface area contributed by atoms with Crippen LogP contribution in [-0.4, -0.2) is 21.7 Å². The van der Waals surface area contributed by atoms with Crippen molar-refractivity contribution in [3.63, 3.8) is 0 Å². The third-order valence-corrected chi connectivity index (χ3v) is 3.59. The first-order valence-electron chi connectivity index (χ1n) is 6.12. The Kier molecular flexibility index (Phi) is 3.47. The number of aryl methyl sites for hydroxylation is 1. The van der Waals surface area contributed by atoms with E-state index in [0.717, 1.165) is 5.56 Å². The summed E-state index contributed by atoms with van der Waals surface area (Å²) in [5.41, 5.74) is 6.65. The lowest BCUT2D eigenvalue weighted by Gasteiger charge is -2.32. The lowest BCUT2D eigenvalue weighted by atomic mass is 9.80. The zero-order chi connectivity index (χ0) is 12.4. The summed E-state index contributed by atoms with van der Waals surface area (Å²) in [6, 6.07) is -0.398. The van der Waals surface area contributed by atoms with E-state index >= 15 is 0 Å². The van der Waals surface area contributed by atoms with Crippen LogP contribution in [0.5, 0.6) is 0 Å². The molecule has 94 valence electrons. The van der Waals surface area contributed by atoms with E-state index in [0.29, 0.717) is 5.92 Å². The third-order valence-electron chi connectivity index (χ3n) is 3.59. The van der Waals surface area contributed by atoms with Gasteiger partial charge < -0.3 is 11.1 Å². The van der Waals surface area contributed by atoms with Gasteiger partial charge in [0.1, 0.15) is 6.04 Å². The van der Waals surface area contributed by atoms with Gasteiger partial charge in [-0.2, -0.15) is 5.10 Å². The molecule has 0 saturated heterocycles. The van der Waals surface area contributed by atoms with Crippen LogP contribution in [-0.2, 0) is 11.8 Å². The molecule has 0 radical (unpaired) electrons. The van der Waals surface area contributed by atoms with Gasteiger partial charge in [0.15, 0.2) is 0 Å². The summed E-state index contributed by atoms with van der Waals surface area (Å²) in [5, 5.41) is 7.01. The molecule has 1 aliphatic rings. The second kappa shape index (κ2) is 4.87. The number of aromatic nitrogens is 2. The van der Waals surface area contributed by atoms with Crippen LogP contribution in [0.15, 0.2) is 12.4 Å². The third kappa shape index (κ3) is 2.66. The summed E-state index contributed by atoms with van der Waals surface area (Å²) < 4.78 is 1.65. The molecule has 5 heteroatoms. The van der Waals surface area contributed by atoms with E-state index < -0.39 is 6.04 Å². The Bertz CT molecular complexity index is 397. The maximum atomic E-state index is 11.9. The van der Waals surface area contributed by atoms with E-state index in [9.17, 15) is 4.79 Å². The monoisotopic (exact) mass is 236 g/mol. The van der Waals surface area contributed by atoms with Crippen LogP contribution in [0.3, 0.4) is 0 Å². The van der Waals surface area contributed by atoms with Crippen LogP contribution in [0.1, 0.15) is 37.8 Å². The molecule has 1 amide bonds. The molecule has 1 aliphatic carbocycles. The van der Waals surface area contributed by atoms with Crippen molar-refractivity contribution < 1.29 is 4.79 Å². The first kappa shape index (κ1) is 12.1. The smallest absolute Gasteiger partial charge is 0.241 e. The Labute approximate surface area is 101 Å². The molecule has 0 aromatic carbocycles. The maximum Gasteiger partial charge on any atom is 0.241 e. The molecular formula is C12H20N4O. The first-order valence-corrected chi connectivity index (χ1v) is 6.12. The Morgan fingerprint density at radius 3 is 2.82 bits per heavy atom. The minimum absolute atomic E-state index is 0.114. The summed E-state index contributed by atoms with van der Waals surface area (Å²) in [7, 11) is 1.81. The molecule has 1 heterocycles. The number of nitrogens with zero attached hydrogens (tertiary/aromatic N) is 2. The number of rotatable bonds is 4. The summed E-state index contributed by atoms with van der Waals surface area (Å²) in [4.78, 5) is 11.9. The average Bonchev–Trinajstić information content (AvgIpc) is 2.60. The number of carbonyl (C=O) groups is 1. The molecule has 0 aliphatic heterocycles. The SMILES string of the molecule is CC(NC(=O)C(N)c1cnn(C)c1)C1CCC1. The molecule has 17 heavy (non-hydrogen) atoms. The molecule has 2 unspecified atom stereocenters. The van der Waals surface area contributed by atoms with Gasteiger partial charge in [0.05, 0.1) is 6.20 Å². The number of nitrogens with one attached hydrogen (secondary N) is 1. The van der Waals surface area contributed by atoms with Gasteiger partial charge in [-0.3, -0.25) is 9.48 Å². The van der Waals surface area contributed by atoms with Gasteiger partial charge in [-0.15, -0.1) is 0 Å². The van der Waals surface area contributed by atoms with Gasteiger partial charge in [-0.05, 0) is 25.7 Å². The molecular weight excluding hydrogens is 216 g/mol. The van der Waals surface area contributed by atoms with E-state index in [1.54, 1.807) is 17.1 Å². The zero-order valence-corrected chi connectivity index (χ0v) is 10.4. The van der Waals surface area contributed by atoms with Gasteiger partial charge in [0.2, 0.25) is 5.91 Å². The lowest BCUT2D eigenvalue weighted by Crippen LogP contribution is -2.44. The summed E-state index contributed by atoms with van der Waals surface area (Å²) in [6.45, 7) is 2.05. The van der Waals surface area contributed by atoms with Crippen molar-refractivity contribution in [3.05, 3.63) is 18.0 Å². The highest BCUT2D eigenvalue weighted by Crippen LogP contribution is 2.29. The normalized spacial score (nSPS) is 19.5. The molecule has 3 N–H and O–H groups in total. The van der Waals surface area contributed by atoms with Gasteiger partial charge >= 0.3 is 0 Å². The summed E-state index contributed by atoms with van der Waals surface area (Å²) >= 11 is 0.